The van der Waals surface area contributed by atoms with Crippen molar-refractivity contribution in [1.29, 1.82) is 0 Å². The Kier molecular flexibility index (Phi) is 8.21. The Morgan fingerprint density at radius 2 is 1.71 bits per heavy atom. The summed E-state index contributed by atoms with van der Waals surface area (Å²) in [6.45, 7) is 6.55. The Bertz CT molecular complexity index is 1130. The third kappa shape index (κ3) is 6.40. The molecular formula is C22H23F6N5OS. The summed E-state index contributed by atoms with van der Waals surface area (Å²) in [5.41, 5.74) is -2.27. The Hall–Kier alpha value is -2.93. The Balaban J connectivity index is 1.81. The minimum atomic E-state index is -4.90. The molecule has 0 spiro atoms. The van der Waals surface area contributed by atoms with Crippen molar-refractivity contribution in [2.24, 2.45) is 0 Å². The van der Waals surface area contributed by atoms with Gasteiger partial charge in [-0.15, -0.1) is 11.3 Å². The van der Waals surface area contributed by atoms with E-state index in [2.05, 4.69) is 20.3 Å². The molecule has 3 rings (SSSR count). The zero-order valence-electron chi connectivity index (χ0n) is 18.9. The van der Waals surface area contributed by atoms with Crippen molar-refractivity contribution in [3.63, 3.8) is 0 Å². The highest BCUT2D eigenvalue weighted by Crippen LogP contribution is 2.36. The maximum Gasteiger partial charge on any atom is 0.434 e. The molecule has 0 atom stereocenters. The molecule has 1 N–H and O–H groups in total. The third-order valence-corrected chi connectivity index (χ3v) is 6.11. The van der Waals surface area contributed by atoms with Gasteiger partial charge < -0.3 is 10.2 Å². The molecule has 0 unspecified atom stereocenters. The van der Waals surface area contributed by atoms with Gasteiger partial charge in [-0.3, -0.25) is 4.79 Å². The minimum absolute atomic E-state index is 0.173. The molecule has 2 aromatic heterocycles. The number of aromatic nitrogens is 3. The molecule has 0 bridgehead atoms. The van der Waals surface area contributed by atoms with Crippen LogP contribution >= 0.6 is 11.3 Å². The highest BCUT2D eigenvalue weighted by molar-refractivity contribution is 7.12. The molecule has 35 heavy (non-hydrogen) atoms. The lowest BCUT2D eigenvalue weighted by atomic mass is 10.1. The lowest BCUT2D eigenvalue weighted by Crippen LogP contribution is -2.31. The van der Waals surface area contributed by atoms with Crippen molar-refractivity contribution in [3.05, 3.63) is 52.7 Å². The van der Waals surface area contributed by atoms with E-state index in [-0.39, 0.29) is 17.4 Å². The van der Waals surface area contributed by atoms with Gasteiger partial charge in [-0.1, -0.05) is 26.0 Å². The SMILES string of the molecule is CCN(CC)CCCNC(=O)c1cnn(-c2nc(-c3ccc(C(F)(F)F)cc3)cs2)c1C(F)(F)F. The number of halogens is 6. The molecule has 0 saturated carbocycles. The first-order chi connectivity index (χ1) is 16.5. The van der Waals surface area contributed by atoms with E-state index in [0.717, 1.165) is 42.8 Å². The largest absolute Gasteiger partial charge is 0.434 e. The van der Waals surface area contributed by atoms with E-state index < -0.39 is 35.1 Å². The fourth-order valence-electron chi connectivity index (χ4n) is 3.40. The van der Waals surface area contributed by atoms with Crippen molar-refractivity contribution in [3.8, 4) is 16.4 Å². The molecule has 6 nitrogen and oxygen atoms in total. The molecule has 0 aliphatic heterocycles. The molecule has 0 saturated heterocycles. The van der Waals surface area contributed by atoms with Gasteiger partial charge in [0.25, 0.3) is 5.91 Å². The van der Waals surface area contributed by atoms with Crippen molar-refractivity contribution in [1.82, 2.24) is 25.0 Å². The number of benzene rings is 1. The van der Waals surface area contributed by atoms with E-state index >= 15 is 0 Å². The predicted octanol–water partition coefficient (Wildman–Crippen LogP) is 5.50. The van der Waals surface area contributed by atoms with Crippen LogP contribution < -0.4 is 5.32 Å². The van der Waals surface area contributed by atoms with Crippen LogP contribution in [0.15, 0.2) is 35.8 Å². The monoisotopic (exact) mass is 519 g/mol. The molecule has 1 amide bonds. The number of alkyl halides is 6. The average Bonchev–Trinajstić information content (AvgIpc) is 3.46. The highest BCUT2D eigenvalue weighted by Gasteiger charge is 2.41. The fraction of sp³-hybridized carbons (Fsp3) is 0.409. The summed E-state index contributed by atoms with van der Waals surface area (Å²) in [4.78, 5) is 18.7. The summed E-state index contributed by atoms with van der Waals surface area (Å²) in [5.74, 6) is -0.900. The average molecular weight is 520 g/mol. The number of thiazole rings is 1. The van der Waals surface area contributed by atoms with Gasteiger partial charge in [-0.25, -0.2) is 9.67 Å². The van der Waals surface area contributed by atoms with E-state index in [9.17, 15) is 31.1 Å². The first kappa shape index (κ1) is 26.7. The summed E-state index contributed by atoms with van der Waals surface area (Å²) < 4.78 is 80.5. The van der Waals surface area contributed by atoms with Crippen LogP contribution in [0, 0.1) is 0 Å². The van der Waals surface area contributed by atoms with Gasteiger partial charge in [-0.2, -0.15) is 31.4 Å². The zero-order chi connectivity index (χ0) is 25.8. The first-order valence-electron chi connectivity index (χ1n) is 10.7. The number of carbonyl (C=O) groups is 1. The van der Waals surface area contributed by atoms with Crippen molar-refractivity contribution in [2.75, 3.05) is 26.2 Å². The second-order valence-electron chi connectivity index (χ2n) is 7.54. The number of carbonyl (C=O) groups excluding carboxylic acids is 1. The Morgan fingerprint density at radius 1 is 1.06 bits per heavy atom. The van der Waals surface area contributed by atoms with Gasteiger partial charge in [0.05, 0.1) is 23.0 Å². The van der Waals surface area contributed by atoms with E-state index in [1.54, 1.807) is 0 Å². The van der Waals surface area contributed by atoms with E-state index in [1.165, 1.54) is 17.5 Å². The van der Waals surface area contributed by atoms with Crippen LogP contribution in [0.4, 0.5) is 26.3 Å². The zero-order valence-corrected chi connectivity index (χ0v) is 19.7. The summed E-state index contributed by atoms with van der Waals surface area (Å²) in [5, 5.41) is 7.47. The molecule has 2 heterocycles. The molecule has 3 aromatic rings. The maximum absolute atomic E-state index is 13.9. The summed E-state index contributed by atoms with van der Waals surface area (Å²) >= 11 is 0.822. The third-order valence-electron chi connectivity index (χ3n) is 5.29. The van der Waals surface area contributed by atoms with Crippen LogP contribution in [0.3, 0.4) is 0 Å². The number of rotatable bonds is 9. The lowest BCUT2D eigenvalue weighted by molar-refractivity contribution is -0.143. The maximum atomic E-state index is 13.9. The van der Waals surface area contributed by atoms with Gasteiger partial charge in [0.1, 0.15) is 0 Å². The molecule has 1 aromatic carbocycles. The first-order valence-corrected chi connectivity index (χ1v) is 11.6. The van der Waals surface area contributed by atoms with E-state index in [1.807, 2.05) is 13.8 Å². The van der Waals surface area contributed by atoms with Crippen LogP contribution in [0.25, 0.3) is 16.4 Å². The van der Waals surface area contributed by atoms with Gasteiger partial charge in [0.15, 0.2) is 5.69 Å². The topological polar surface area (TPSA) is 63.1 Å². The molecule has 0 aliphatic carbocycles. The van der Waals surface area contributed by atoms with Gasteiger partial charge in [0.2, 0.25) is 5.13 Å². The van der Waals surface area contributed by atoms with Crippen molar-refractivity contribution < 1.29 is 31.1 Å². The summed E-state index contributed by atoms with van der Waals surface area (Å²) in [6, 6.07) is 4.11. The standard InChI is InChI=1S/C22H23F6N5OS/c1-3-32(4-2)11-5-10-29-19(34)16-12-30-33(18(16)22(26,27)28)20-31-17(13-35-20)14-6-8-15(9-7-14)21(23,24)25/h6-9,12-13H,3-5,10-11H2,1-2H3,(H,29,34). The van der Waals surface area contributed by atoms with Gasteiger partial charge in [0, 0.05) is 17.5 Å². The van der Waals surface area contributed by atoms with Crippen LogP contribution in [0.2, 0.25) is 0 Å². The molecule has 0 aliphatic rings. The lowest BCUT2D eigenvalue weighted by Gasteiger charge is -2.17. The highest BCUT2D eigenvalue weighted by atomic mass is 32.1. The second-order valence-corrected chi connectivity index (χ2v) is 8.38. The van der Waals surface area contributed by atoms with Gasteiger partial charge >= 0.3 is 12.4 Å². The Labute approximate surface area is 201 Å². The summed E-state index contributed by atoms with van der Waals surface area (Å²) in [7, 11) is 0. The quantitative estimate of drug-likeness (QED) is 0.300. The number of amides is 1. The molecule has 0 radical (unpaired) electrons. The smallest absolute Gasteiger partial charge is 0.352 e. The molecule has 13 heteroatoms. The predicted molar refractivity (Wildman–Crippen MR) is 119 cm³/mol. The van der Waals surface area contributed by atoms with E-state index in [4.69, 9.17) is 0 Å². The molecular weight excluding hydrogens is 496 g/mol. The van der Waals surface area contributed by atoms with Crippen LogP contribution in [-0.2, 0) is 12.4 Å². The normalized spacial score (nSPS) is 12.4. The summed E-state index contributed by atoms with van der Waals surface area (Å²) in [6.07, 6.45) is -8.00. The van der Waals surface area contributed by atoms with Crippen LogP contribution in [-0.4, -0.2) is 51.8 Å². The molecule has 0 fully saturated rings. The molecule has 190 valence electrons. The minimum Gasteiger partial charge on any atom is -0.352 e. The number of hydrogen-bond acceptors (Lipinski definition) is 5. The van der Waals surface area contributed by atoms with E-state index in [0.29, 0.717) is 23.2 Å². The number of nitrogens with zero attached hydrogens (tertiary/aromatic N) is 4. The van der Waals surface area contributed by atoms with Crippen LogP contribution in [0.5, 0.6) is 0 Å². The number of nitrogens with one attached hydrogen (secondary N) is 1. The van der Waals surface area contributed by atoms with Crippen molar-refractivity contribution in [2.45, 2.75) is 32.6 Å². The fourth-order valence-corrected chi connectivity index (χ4v) is 4.19. The van der Waals surface area contributed by atoms with Gasteiger partial charge in [-0.05, 0) is 38.2 Å². The van der Waals surface area contributed by atoms with Crippen molar-refractivity contribution >= 4 is 17.2 Å². The Morgan fingerprint density at radius 3 is 2.29 bits per heavy atom. The van der Waals surface area contributed by atoms with Crippen LogP contribution in [0.1, 0.15) is 41.9 Å². The number of hydrogen-bond donors (Lipinski definition) is 1. The second kappa shape index (κ2) is 10.8.